The fourth-order valence-corrected chi connectivity index (χ4v) is 2.81. The number of aliphatic hydroxyl groups is 2. The summed E-state index contributed by atoms with van der Waals surface area (Å²) in [6.07, 6.45) is 3.16. The van der Waals surface area contributed by atoms with Crippen molar-refractivity contribution in [3.63, 3.8) is 0 Å². The van der Waals surface area contributed by atoms with Gasteiger partial charge in [-0.2, -0.15) is 0 Å². The summed E-state index contributed by atoms with van der Waals surface area (Å²) < 4.78 is 11.0. The Bertz CT molecular complexity index is 703. The van der Waals surface area contributed by atoms with E-state index in [1.165, 1.54) is 0 Å². The summed E-state index contributed by atoms with van der Waals surface area (Å²) in [5.74, 6) is 1.69. The molecule has 2 atom stereocenters. The van der Waals surface area contributed by atoms with E-state index in [1.807, 2.05) is 30.3 Å². The standard InChI is InChI=1S/C21H26Cl2O4/c1-21(2,15-3-7-19(8-4-15)26-13-17(24)11-22)16-5-9-20(10-6-16)27-14-18(25)12-23/h3-4,7-10,17-18,24-25H,5,11-14H2,1-2H3. The maximum absolute atomic E-state index is 9.47. The van der Waals surface area contributed by atoms with E-state index in [2.05, 4.69) is 19.6 Å². The van der Waals surface area contributed by atoms with Crippen molar-refractivity contribution in [2.24, 2.45) is 0 Å². The van der Waals surface area contributed by atoms with Crippen molar-refractivity contribution in [1.29, 1.82) is 0 Å². The third kappa shape index (κ3) is 6.31. The zero-order chi connectivity index (χ0) is 19.9. The fourth-order valence-electron chi connectivity index (χ4n) is 2.63. The molecular weight excluding hydrogens is 387 g/mol. The first-order valence-electron chi connectivity index (χ1n) is 8.87. The van der Waals surface area contributed by atoms with Crippen LogP contribution in [0.25, 0.3) is 0 Å². The van der Waals surface area contributed by atoms with E-state index in [1.54, 1.807) is 6.08 Å². The maximum Gasteiger partial charge on any atom is 0.123 e. The molecule has 1 aliphatic carbocycles. The Hall–Kier alpha value is -1.42. The third-order valence-corrected chi connectivity index (χ3v) is 5.18. The molecule has 0 fully saturated rings. The maximum atomic E-state index is 9.47. The van der Waals surface area contributed by atoms with Gasteiger partial charge in [-0.3, -0.25) is 0 Å². The van der Waals surface area contributed by atoms with Gasteiger partial charge in [0.05, 0.1) is 11.8 Å². The van der Waals surface area contributed by atoms with Crippen LogP contribution in [0, 0.1) is 0 Å². The molecule has 0 bridgehead atoms. The molecule has 0 amide bonds. The molecule has 2 N–H and O–H groups in total. The lowest BCUT2D eigenvalue weighted by Gasteiger charge is -2.28. The van der Waals surface area contributed by atoms with Crippen LogP contribution in [0.5, 0.6) is 5.75 Å². The van der Waals surface area contributed by atoms with E-state index in [0.29, 0.717) is 11.5 Å². The number of ether oxygens (including phenoxy) is 2. The number of halogens is 2. The smallest absolute Gasteiger partial charge is 0.123 e. The van der Waals surface area contributed by atoms with Crippen molar-refractivity contribution in [3.8, 4) is 5.75 Å². The van der Waals surface area contributed by atoms with Gasteiger partial charge < -0.3 is 19.7 Å². The van der Waals surface area contributed by atoms with Crippen molar-refractivity contribution in [2.75, 3.05) is 25.0 Å². The minimum Gasteiger partial charge on any atom is -0.491 e. The van der Waals surface area contributed by atoms with Gasteiger partial charge in [0.2, 0.25) is 0 Å². The largest absolute Gasteiger partial charge is 0.491 e. The number of aliphatic hydroxyl groups excluding tert-OH is 2. The number of hydrogen-bond acceptors (Lipinski definition) is 4. The lowest BCUT2D eigenvalue weighted by Crippen LogP contribution is -2.21. The average molecular weight is 413 g/mol. The van der Waals surface area contributed by atoms with Gasteiger partial charge >= 0.3 is 0 Å². The SMILES string of the molecule is CC(C)(C1=C=CC(OCC(O)CCl)=CC1)c1ccc(OCC(O)CCl)cc1. The van der Waals surface area contributed by atoms with Gasteiger partial charge in [-0.05, 0) is 35.8 Å². The molecule has 6 heteroatoms. The molecule has 0 radical (unpaired) electrons. The number of hydrogen-bond donors (Lipinski definition) is 2. The van der Waals surface area contributed by atoms with Gasteiger partial charge in [0, 0.05) is 11.5 Å². The fraction of sp³-hybridized carbons (Fsp3) is 0.476. The highest BCUT2D eigenvalue weighted by Crippen LogP contribution is 2.35. The molecular formula is C21H26Cl2O4. The highest BCUT2D eigenvalue weighted by atomic mass is 35.5. The van der Waals surface area contributed by atoms with E-state index >= 15 is 0 Å². The van der Waals surface area contributed by atoms with Crippen LogP contribution in [0.15, 0.2) is 53.5 Å². The van der Waals surface area contributed by atoms with Crippen molar-refractivity contribution >= 4 is 23.2 Å². The quantitative estimate of drug-likeness (QED) is 0.451. The second-order valence-corrected chi connectivity index (χ2v) is 7.58. The van der Waals surface area contributed by atoms with Crippen LogP contribution in [0.3, 0.4) is 0 Å². The molecule has 0 heterocycles. The number of alkyl halides is 2. The van der Waals surface area contributed by atoms with E-state index in [4.69, 9.17) is 32.7 Å². The first-order valence-corrected chi connectivity index (χ1v) is 9.94. The minimum absolute atomic E-state index is 0.148. The summed E-state index contributed by atoms with van der Waals surface area (Å²) in [4.78, 5) is 0. The molecule has 27 heavy (non-hydrogen) atoms. The normalized spacial score (nSPS) is 16.4. The Labute approximate surface area is 170 Å². The van der Waals surface area contributed by atoms with Crippen LogP contribution < -0.4 is 4.74 Å². The molecule has 0 saturated heterocycles. The van der Waals surface area contributed by atoms with Crippen molar-refractivity contribution < 1.29 is 19.7 Å². The number of rotatable bonds is 10. The van der Waals surface area contributed by atoms with Crippen LogP contribution in [0.1, 0.15) is 25.8 Å². The average Bonchev–Trinajstić information content (AvgIpc) is 2.70. The Morgan fingerprint density at radius 1 is 1.04 bits per heavy atom. The first-order chi connectivity index (χ1) is 12.9. The van der Waals surface area contributed by atoms with Crippen molar-refractivity contribution in [2.45, 2.75) is 37.9 Å². The zero-order valence-corrected chi connectivity index (χ0v) is 17.1. The Balaban J connectivity index is 2.02. The monoisotopic (exact) mass is 412 g/mol. The van der Waals surface area contributed by atoms with E-state index in [9.17, 15) is 10.2 Å². The molecule has 0 aliphatic heterocycles. The lowest BCUT2D eigenvalue weighted by molar-refractivity contribution is 0.0900. The highest BCUT2D eigenvalue weighted by Gasteiger charge is 2.26. The molecule has 1 aliphatic rings. The highest BCUT2D eigenvalue weighted by molar-refractivity contribution is 6.18. The summed E-state index contributed by atoms with van der Waals surface area (Å²) in [6.45, 7) is 4.64. The Morgan fingerprint density at radius 2 is 1.63 bits per heavy atom. The summed E-state index contributed by atoms with van der Waals surface area (Å²) >= 11 is 11.1. The van der Waals surface area contributed by atoms with Crippen LogP contribution in [0.2, 0.25) is 0 Å². The van der Waals surface area contributed by atoms with Gasteiger partial charge in [-0.1, -0.05) is 26.0 Å². The molecule has 4 nitrogen and oxygen atoms in total. The van der Waals surface area contributed by atoms with E-state index in [0.717, 1.165) is 17.6 Å². The van der Waals surface area contributed by atoms with E-state index < -0.39 is 12.2 Å². The Morgan fingerprint density at radius 3 is 2.15 bits per heavy atom. The van der Waals surface area contributed by atoms with Crippen molar-refractivity contribution in [3.05, 3.63) is 59.0 Å². The van der Waals surface area contributed by atoms with Crippen LogP contribution >= 0.6 is 23.2 Å². The molecule has 1 aromatic rings. The second kappa shape index (κ2) is 10.2. The molecule has 148 valence electrons. The van der Waals surface area contributed by atoms with Crippen LogP contribution in [-0.4, -0.2) is 47.4 Å². The number of allylic oxidation sites excluding steroid dienone is 2. The van der Waals surface area contributed by atoms with E-state index in [-0.39, 0.29) is 30.4 Å². The van der Waals surface area contributed by atoms with Gasteiger partial charge in [0.25, 0.3) is 0 Å². The topological polar surface area (TPSA) is 58.9 Å². The van der Waals surface area contributed by atoms with Crippen molar-refractivity contribution in [1.82, 2.24) is 0 Å². The van der Waals surface area contributed by atoms with Gasteiger partial charge in [0.15, 0.2) is 0 Å². The molecule has 0 spiro atoms. The third-order valence-electron chi connectivity index (χ3n) is 4.47. The molecule has 2 unspecified atom stereocenters. The molecule has 0 aromatic heterocycles. The zero-order valence-electron chi connectivity index (χ0n) is 15.6. The van der Waals surface area contributed by atoms with Gasteiger partial charge in [-0.15, -0.1) is 28.9 Å². The van der Waals surface area contributed by atoms with Gasteiger partial charge in [0.1, 0.15) is 36.9 Å². The van der Waals surface area contributed by atoms with Gasteiger partial charge in [-0.25, -0.2) is 0 Å². The minimum atomic E-state index is -0.672. The first kappa shape index (κ1) is 21.9. The predicted molar refractivity (Wildman–Crippen MR) is 109 cm³/mol. The van der Waals surface area contributed by atoms with Crippen LogP contribution in [0.4, 0.5) is 0 Å². The summed E-state index contributed by atoms with van der Waals surface area (Å²) in [5, 5.41) is 18.9. The molecule has 0 saturated carbocycles. The Kier molecular flexibility index (Phi) is 8.28. The molecule has 2 rings (SSSR count). The summed E-state index contributed by atoms with van der Waals surface area (Å²) in [7, 11) is 0. The summed E-state index contributed by atoms with van der Waals surface area (Å²) in [6, 6.07) is 7.82. The summed E-state index contributed by atoms with van der Waals surface area (Å²) in [5.41, 5.74) is 5.39. The predicted octanol–water partition coefficient (Wildman–Crippen LogP) is 3.93. The number of benzene rings is 1. The second-order valence-electron chi connectivity index (χ2n) is 6.97. The molecule has 1 aromatic carbocycles. The lowest BCUT2D eigenvalue weighted by atomic mass is 9.76. The van der Waals surface area contributed by atoms with Crippen LogP contribution in [-0.2, 0) is 10.2 Å².